The van der Waals surface area contributed by atoms with E-state index in [4.69, 9.17) is 0 Å². The first-order valence-electron chi connectivity index (χ1n) is 5.86. The summed E-state index contributed by atoms with van der Waals surface area (Å²) in [5, 5.41) is 9.59. The van der Waals surface area contributed by atoms with Gasteiger partial charge in [0.05, 0.1) is 0 Å². The highest BCUT2D eigenvalue weighted by molar-refractivity contribution is 5.96. The molecular formula is C15H14FNO2. The molecule has 1 N–H and O–H groups in total. The highest BCUT2D eigenvalue weighted by Crippen LogP contribution is 2.21. The lowest BCUT2D eigenvalue weighted by Gasteiger charge is -2.18. The Balaban J connectivity index is 2.20. The molecule has 2 rings (SSSR count). The van der Waals surface area contributed by atoms with Gasteiger partial charge < -0.3 is 10.0 Å². The fourth-order valence-corrected chi connectivity index (χ4v) is 1.84. The van der Waals surface area contributed by atoms with Gasteiger partial charge in [0.25, 0.3) is 5.91 Å². The Hall–Kier alpha value is -2.36. The standard InChI is InChI=1S/C15H14FNO2/c1-17(10-11-6-3-2-4-7-11)15(19)14-12(16)8-5-9-13(14)18/h2-9,18H,10H2,1H3. The number of phenols is 1. The summed E-state index contributed by atoms with van der Waals surface area (Å²) in [5.74, 6) is -1.60. The number of rotatable bonds is 3. The Bertz CT molecular complexity index is 564. The maximum atomic E-state index is 13.6. The number of carbonyl (C=O) groups is 1. The van der Waals surface area contributed by atoms with Crippen LogP contribution < -0.4 is 0 Å². The summed E-state index contributed by atoms with van der Waals surface area (Å²) in [6.45, 7) is 0.355. The number of nitrogens with zero attached hydrogens (tertiary/aromatic N) is 1. The van der Waals surface area contributed by atoms with Crippen molar-refractivity contribution in [1.29, 1.82) is 0 Å². The smallest absolute Gasteiger partial charge is 0.260 e. The summed E-state index contributed by atoms with van der Waals surface area (Å²) < 4.78 is 13.6. The van der Waals surface area contributed by atoms with Crippen LogP contribution in [0.1, 0.15) is 15.9 Å². The van der Waals surface area contributed by atoms with Crippen LogP contribution in [0.3, 0.4) is 0 Å². The monoisotopic (exact) mass is 259 g/mol. The van der Waals surface area contributed by atoms with Crippen LogP contribution in [0.15, 0.2) is 48.5 Å². The summed E-state index contributed by atoms with van der Waals surface area (Å²) in [5.41, 5.74) is 0.648. The van der Waals surface area contributed by atoms with Crippen LogP contribution in [0, 0.1) is 5.82 Å². The van der Waals surface area contributed by atoms with E-state index in [1.165, 1.54) is 17.0 Å². The molecule has 19 heavy (non-hydrogen) atoms. The number of carbonyl (C=O) groups excluding carboxylic acids is 1. The second-order valence-electron chi connectivity index (χ2n) is 4.28. The number of phenolic OH excluding ortho intramolecular Hbond substituents is 1. The van der Waals surface area contributed by atoms with Crippen molar-refractivity contribution >= 4 is 5.91 Å². The molecule has 3 nitrogen and oxygen atoms in total. The molecule has 0 aliphatic heterocycles. The molecule has 0 saturated carbocycles. The Morgan fingerprint density at radius 3 is 2.47 bits per heavy atom. The van der Waals surface area contributed by atoms with E-state index in [0.29, 0.717) is 6.54 Å². The van der Waals surface area contributed by atoms with Crippen LogP contribution in [0.25, 0.3) is 0 Å². The maximum Gasteiger partial charge on any atom is 0.260 e. The summed E-state index contributed by atoms with van der Waals surface area (Å²) in [6, 6.07) is 13.2. The molecule has 0 atom stereocenters. The van der Waals surface area contributed by atoms with Gasteiger partial charge in [0.15, 0.2) is 0 Å². The van der Waals surface area contributed by atoms with E-state index in [1.807, 2.05) is 30.3 Å². The zero-order chi connectivity index (χ0) is 13.8. The van der Waals surface area contributed by atoms with Gasteiger partial charge in [-0.25, -0.2) is 4.39 Å². The molecule has 2 aromatic carbocycles. The van der Waals surface area contributed by atoms with Gasteiger partial charge in [0, 0.05) is 13.6 Å². The molecule has 1 amide bonds. The Morgan fingerprint density at radius 2 is 1.84 bits per heavy atom. The fourth-order valence-electron chi connectivity index (χ4n) is 1.84. The number of halogens is 1. The van der Waals surface area contributed by atoms with Gasteiger partial charge in [-0.05, 0) is 17.7 Å². The van der Waals surface area contributed by atoms with E-state index >= 15 is 0 Å². The second kappa shape index (κ2) is 5.52. The molecule has 0 saturated heterocycles. The average Bonchev–Trinajstić information content (AvgIpc) is 2.39. The van der Waals surface area contributed by atoms with Crippen LogP contribution >= 0.6 is 0 Å². The lowest BCUT2D eigenvalue weighted by Crippen LogP contribution is -2.27. The third-order valence-corrected chi connectivity index (χ3v) is 2.81. The van der Waals surface area contributed by atoms with E-state index in [-0.39, 0.29) is 11.3 Å². The normalized spacial score (nSPS) is 10.2. The molecule has 2 aromatic rings. The van der Waals surface area contributed by atoms with Gasteiger partial charge in [-0.15, -0.1) is 0 Å². The predicted octanol–water partition coefficient (Wildman–Crippen LogP) is 2.80. The Morgan fingerprint density at radius 1 is 1.16 bits per heavy atom. The summed E-state index contributed by atoms with van der Waals surface area (Å²) in [6.07, 6.45) is 0. The topological polar surface area (TPSA) is 40.5 Å². The van der Waals surface area contributed by atoms with Gasteiger partial charge in [0.1, 0.15) is 17.1 Å². The van der Waals surface area contributed by atoms with Gasteiger partial charge in [0.2, 0.25) is 0 Å². The van der Waals surface area contributed by atoms with Gasteiger partial charge in [-0.3, -0.25) is 4.79 Å². The van der Waals surface area contributed by atoms with E-state index in [2.05, 4.69) is 0 Å². The number of amides is 1. The van der Waals surface area contributed by atoms with E-state index in [1.54, 1.807) is 7.05 Å². The van der Waals surface area contributed by atoms with E-state index in [0.717, 1.165) is 11.6 Å². The molecular weight excluding hydrogens is 245 g/mol. The van der Waals surface area contributed by atoms with Gasteiger partial charge in [-0.1, -0.05) is 36.4 Å². The quantitative estimate of drug-likeness (QED) is 0.920. The summed E-state index contributed by atoms with van der Waals surface area (Å²) >= 11 is 0. The zero-order valence-corrected chi connectivity index (χ0v) is 10.5. The third-order valence-electron chi connectivity index (χ3n) is 2.81. The molecule has 0 heterocycles. The van der Waals surface area contributed by atoms with Crippen molar-refractivity contribution in [2.24, 2.45) is 0 Å². The molecule has 0 unspecified atom stereocenters. The van der Waals surface area contributed by atoms with Gasteiger partial charge >= 0.3 is 0 Å². The zero-order valence-electron chi connectivity index (χ0n) is 10.5. The van der Waals surface area contributed by atoms with Crippen molar-refractivity contribution in [3.8, 4) is 5.75 Å². The molecule has 0 spiro atoms. The Kier molecular flexibility index (Phi) is 3.80. The Labute approximate surface area is 110 Å². The van der Waals surface area contributed by atoms with Crippen molar-refractivity contribution < 1.29 is 14.3 Å². The summed E-state index contributed by atoms with van der Waals surface area (Å²) in [7, 11) is 1.57. The van der Waals surface area contributed by atoms with Crippen LogP contribution in [-0.4, -0.2) is 23.0 Å². The van der Waals surface area contributed by atoms with Crippen molar-refractivity contribution in [3.05, 3.63) is 65.5 Å². The molecule has 0 fully saturated rings. The van der Waals surface area contributed by atoms with Crippen molar-refractivity contribution in [3.63, 3.8) is 0 Å². The van der Waals surface area contributed by atoms with Crippen LogP contribution in [-0.2, 0) is 6.54 Å². The molecule has 0 aliphatic rings. The highest BCUT2D eigenvalue weighted by Gasteiger charge is 2.20. The number of hydrogen-bond donors (Lipinski definition) is 1. The largest absolute Gasteiger partial charge is 0.507 e. The van der Waals surface area contributed by atoms with Crippen LogP contribution in [0.4, 0.5) is 4.39 Å². The lowest BCUT2D eigenvalue weighted by atomic mass is 10.1. The van der Waals surface area contributed by atoms with Crippen molar-refractivity contribution in [1.82, 2.24) is 4.90 Å². The molecule has 0 aromatic heterocycles. The minimum Gasteiger partial charge on any atom is -0.507 e. The predicted molar refractivity (Wildman–Crippen MR) is 70.3 cm³/mol. The minimum absolute atomic E-state index is 0.291. The number of aromatic hydroxyl groups is 1. The highest BCUT2D eigenvalue weighted by atomic mass is 19.1. The third kappa shape index (κ3) is 2.91. The van der Waals surface area contributed by atoms with Crippen LogP contribution in [0.5, 0.6) is 5.75 Å². The molecule has 0 aliphatic carbocycles. The molecule has 0 radical (unpaired) electrons. The van der Waals surface area contributed by atoms with E-state index in [9.17, 15) is 14.3 Å². The van der Waals surface area contributed by atoms with Gasteiger partial charge in [-0.2, -0.15) is 0 Å². The SMILES string of the molecule is CN(Cc1ccccc1)C(=O)c1c(O)cccc1F. The van der Waals surface area contributed by atoms with Crippen molar-refractivity contribution in [2.45, 2.75) is 6.54 Å². The summed E-state index contributed by atoms with van der Waals surface area (Å²) in [4.78, 5) is 13.5. The number of hydrogen-bond acceptors (Lipinski definition) is 2. The first-order chi connectivity index (χ1) is 9.09. The van der Waals surface area contributed by atoms with Crippen molar-refractivity contribution in [2.75, 3.05) is 7.05 Å². The van der Waals surface area contributed by atoms with Crippen LogP contribution in [0.2, 0.25) is 0 Å². The average molecular weight is 259 g/mol. The molecule has 98 valence electrons. The first-order valence-corrected chi connectivity index (χ1v) is 5.86. The van der Waals surface area contributed by atoms with E-state index < -0.39 is 11.7 Å². The molecule has 0 bridgehead atoms. The lowest BCUT2D eigenvalue weighted by molar-refractivity contribution is 0.0777. The molecule has 4 heteroatoms. The fraction of sp³-hybridized carbons (Fsp3) is 0.133. The maximum absolute atomic E-state index is 13.6. The first kappa shape index (κ1) is 13.1. The minimum atomic E-state index is -0.718. The second-order valence-corrected chi connectivity index (χ2v) is 4.28. The number of benzene rings is 2.